The van der Waals surface area contributed by atoms with E-state index in [1.807, 2.05) is 0 Å². The summed E-state index contributed by atoms with van der Waals surface area (Å²) >= 11 is 0. The number of likely N-dealkylation sites (tertiary alicyclic amines) is 1. The molecule has 2 heterocycles. The molecule has 20 heavy (non-hydrogen) atoms. The molecule has 0 bridgehead atoms. The summed E-state index contributed by atoms with van der Waals surface area (Å²) in [5.41, 5.74) is 0. The SMILES string of the molecule is O=C(O)CC1CCCN1C(=O)CNC(=O)c1ccco1. The lowest BCUT2D eigenvalue weighted by Crippen LogP contribution is -2.43. The minimum atomic E-state index is -0.922. The molecule has 0 spiro atoms. The van der Waals surface area contributed by atoms with Gasteiger partial charge in [0.05, 0.1) is 19.2 Å². The van der Waals surface area contributed by atoms with Crippen molar-refractivity contribution in [3.63, 3.8) is 0 Å². The molecule has 1 aromatic heterocycles. The van der Waals surface area contributed by atoms with Crippen molar-refractivity contribution in [2.24, 2.45) is 0 Å². The quantitative estimate of drug-likeness (QED) is 0.817. The van der Waals surface area contributed by atoms with Crippen LogP contribution >= 0.6 is 0 Å². The van der Waals surface area contributed by atoms with Gasteiger partial charge in [-0.3, -0.25) is 14.4 Å². The first-order valence-corrected chi connectivity index (χ1v) is 6.41. The van der Waals surface area contributed by atoms with E-state index in [9.17, 15) is 14.4 Å². The van der Waals surface area contributed by atoms with Crippen LogP contribution in [0.2, 0.25) is 0 Å². The van der Waals surface area contributed by atoms with Crippen molar-refractivity contribution in [2.75, 3.05) is 13.1 Å². The van der Waals surface area contributed by atoms with E-state index in [4.69, 9.17) is 9.52 Å². The summed E-state index contributed by atoms with van der Waals surface area (Å²) in [7, 11) is 0. The van der Waals surface area contributed by atoms with Crippen molar-refractivity contribution in [1.82, 2.24) is 10.2 Å². The molecule has 1 saturated heterocycles. The molecule has 0 aliphatic carbocycles. The number of carboxylic acid groups (broad SMARTS) is 1. The van der Waals surface area contributed by atoms with Crippen LogP contribution in [-0.4, -0.2) is 46.9 Å². The molecule has 1 aliphatic rings. The minimum Gasteiger partial charge on any atom is -0.481 e. The van der Waals surface area contributed by atoms with Crippen molar-refractivity contribution in [3.8, 4) is 0 Å². The molecule has 2 N–H and O–H groups in total. The van der Waals surface area contributed by atoms with Gasteiger partial charge in [-0.2, -0.15) is 0 Å². The number of rotatable bonds is 5. The highest BCUT2D eigenvalue weighted by Crippen LogP contribution is 2.19. The molecule has 0 saturated carbocycles. The smallest absolute Gasteiger partial charge is 0.305 e. The summed E-state index contributed by atoms with van der Waals surface area (Å²) < 4.78 is 4.91. The number of nitrogens with zero attached hydrogens (tertiary/aromatic N) is 1. The Morgan fingerprint density at radius 2 is 2.25 bits per heavy atom. The van der Waals surface area contributed by atoms with Gasteiger partial charge in [-0.1, -0.05) is 0 Å². The van der Waals surface area contributed by atoms with Crippen molar-refractivity contribution >= 4 is 17.8 Å². The number of aliphatic carboxylic acids is 1. The molecular weight excluding hydrogens is 264 g/mol. The first-order chi connectivity index (χ1) is 9.58. The van der Waals surface area contributed by atoms with E-state index in [1.54, 1.807) is 6.07 Å². The molecule has 0 aromatic carbocycles. The van der Waals surface area contributed by atoms with Gasteiger partial charge in [0.25, 0.3) is 5.91 Å². The van der Waals surface area contributed by atoms with Gasteiger partial charge in [0.2, 0.25) is 5.91 Å². The van der Waals surface area contributed by atoms with E-state index >= 15 is 0 Å². The van der Waals surface area contributed by atoms with Crippen molar-refractivity contribution in [1.29, 1.82) is 0 Å². The average Bonchev–Trinajstić information content (AvgIpc) is 3.05. The number of carbonyl (C=O) groups is 3. The largest absolute Gasteiger partial charge is 0.481 e. The summed E-state index contributed by atoms with van der Waals surface area (Å²) in [6, 6.07) is 2.81. The monoisotopic (exact) mass is 280 g/mol. The van der Waals surface area contributed by atoms with Gasteiger partial charge in [0.1, 0.15) is 0 Å². The maximum Gasteiger partial charge on any atom is 0.305 e. The third-order valence-corrected chi connectivity index (χ3v) is 3.25. The fourth-order valence-corrected chi connectivity index (χ4v) is 2.33. The van der Waals surface area contributed by atoms with E-state index in [-0.39, 0.29) is 30.7 Å². The number of nitrogens with one attached hydrogen (secondary N) is 1. The highest BCUT2D eigenvalue weighted by atomic mass is 16.4. The second-order valence-corrected chi connectivity index (χ2v) is 4.64. The maximum atomic E-state index is 12.0. The summed E-state index contributed by atoms with van der Waals surface area (Å²) in [6.07, 6.45) is 2.79. The number of carboxylic acids is 1. The van der Waals surface area contributed by atoms with E-state index in [1.165, 1.54) is 17.2 Å². The van der Waals surface area contributed by atoms with Crippen LogP contribution in [0.3, 0.4) is 0 Å². The summed E-state index contributed by atoms with van der Waals surface area (Å²) in [4.78, 5) is 35.9. The van der Waals surface area contributed by atoms with E-state index in [0.717, 1.165) is 6.42 Å². The highest BCUT2D eigenvalue weighted by molar-refractivity contribution is 5.94. The van der Waals surface area contributed by atoms with Crippen LogP contribution in [0, 0.1) is 0 Å². The minimum absolute atomic E-state index is 0.0577. The molecule has 1 fully saturated rings. The second-order valence-electron chi connectivity index (χ2n) is 4.64. The Morgan fingerprint density at radius 3 is 2.90 bits per heavy atom. The third kappa shape index (κ3) is 3.37. The molecule has 1 aliphatic heterocycles. The number of amides is 2. The topological polar surface area (TPSA) is 99.9 Å². The zero-order valence-corrected chi connectivity index (χ0v) is 10.9. The second kappa shape index (κ2) is 6.23. The van der Waals surface area contributed by atoms with Gasteiger partial charge >= 0.3 is 5.97 Å². The molecule has 2 rings (SSSR count). The lowest BCUT2D eigenvalue weighted by molar-refractivity contribution is -0.139. The van der Waals surface area contributed by atoms with Crippen LogP contribution in [0.25, 0.3) is 0 Å². The van der Waals surface area contributed by atoms with Gasteiger partial charge < -0.3 is 19.7 Å². The van der Waals surface area contributed by atoms with Crippen molar-refractivity contribution in [3.05, 3.63) is 24.2 Å². The number of hydrogen-bond donors (Lipinski definition) is 2. The predicted octanol–water partition coefficient (Wildman–Crippen LogP) is 0.475. The fourth-order valence-electron chi connectivity index (χ4n) is 2.33. The van der Waals surface area contributed by atoms with Gasteiger partial charge in [0.15, 0.2) is 5.76 Å². The maximum absolute atomic E-state index is 12.0. The number of hydrogen-bond acceptors (Lipinski definition) is 4. The van der Waals surface area contributed by atoms with E-state index < -0.39 is 11.9 Å². The first-order valence-electron chi connectivity index (χ1n) is 6.41. The first kappa shape index (κ1) is 14.1. The Labute approximate surface area is 115 Å². The average molecular weight is 280 g/mol. The van der Waals surface area contributed by atoms with Crippen LogP contribution < -0.4 is 5.32 Å². The molecule has 1 aromatic rings. The number of furan rings is 1. The van der Waals surface area contributed by atoms with Crippen molar-refractivity contribution < 1.29 is 23.9 Å². The molecular formula is C13H16N2O5. The lowest BCUT2D eigenvalue weighted by Gasteiger charge is -2.23. The highest BCUT2D eigenvalue weighted by Gasteiger charge is 2.30. The van der Waals surface area contributed by atoms with Crippen LogP contribution in [0.1, 0.15) is 29.8 Å². The van der Waals surface area contributed by atoms with E-state index in [2.05, 4.69) is 5.32 Å². The Kier molecular flexibility index (Phi) is 4.39. The summed E-state index contributed by atoms with van der Waals surface area (Å²) in [5, 5.41) is 11.3. The molecule has 7 heteroatoms. The standard InChI is InChI=1S/C13H16N2O5/c16-11(8-14-13(19)10-4-2-6-20-10)15-5-1-3-9(15)7-12(17)18/h2,4,6,9H,1,3,5,7-8H2,(H,14,19)(H,17,18). The molecule has 0 radical (unpaired) electrons. The normalized spacial score (nSPS) is 18.0. The van der Waals surface area contributed by atoms with Gasteiger partial charge in [0, 0.05) is 12.6 Å². The molecule has 1 unspecified atom stereocenters. The summed E-state index contributed by atoms with van der Waals surface area (Å²) in [5.74, 6) is -1.51. The van der Waals surface area contributed by atoms with Crippen molar-refractivity contribution in [2.45, 2.75) is 25.3 Å². The van der Waals surface area contributed by atoms with Gasteiger partial charge in [-0.05, 0) is 25.0 Å². The molecule has 7 nitrogen and oxygen atoms in total. The molecule has 108 valence electrons. The predicted molar refractivity (Wildman–Crippen MR) is 68.0 cm³/mol. The zero-order valence-electron chi connectivity index (χ0n) is 10.9. The molecule has 2 amide bonds. The van der Waals surface area contributed by atoms with Crippen LogP contribution in [-0.2, 0) is 9.59 Å². The van der Waals surface area contributed by atoms with Crippen LogP contribution in [0.15, 0.2) is 22.8 Å². The lowest BCUT2D eigenvalue weighted by atomic mass is 10.1. The van der Waals surface area contributed by atoms with Crippen LogP contribution in [0.5, 0.6) is 0 Å². The Morgan fingerprint density at radius 1 is 1.45 bits per heavy atom. The van der Waals surface area contributed by atoms with Gasteiger partial charge in [-0.15, -0.1) is 0 Å². The van der Waals surface area contributed by atoms with Gasteiger partial charge in [-0.25, -0.2) is 0 Å². The third-order valence-electron chi connectivity index (χ3n) is 3.25. The Hall–Kier alpha value is -2.31. The molecule has 1 atom stereocenters. The number of carbonyl (C=O) groups excluding carboxylic acids is 2. The Balaban J connectivity index is 1.85. The zero-order chi connectivity index (χ0) is 14.5. The van der Waals surface area contributed by atoms with E-state index in [0.29, 0.717) is 13.0 Å². The fraction of sp³-hybridized carbons (Fsp3) is 0.462. The van der Waals surface area contributed by atoms with Crippen LogP contribution in [0.4, 0.5) is 0 Å². The Bertz CT molecular complexity index is 497. The summed E-state index contributed by atoms with van der Waals surface area (Å²) in [6.45, 7) is 0.378.